The summed E-state index contributed by atoms with van der Waals surface area (Å²) in [6, 6.07) is 0.520. The van der Waals surface area contributed by atoms with E-state index < -0.39 is 0 Å². The van der Waals surface area contributed by atoms with Gasteiger partial charge in [-0.15, -0.1) is 5.98 Å². The third kappa shape index (κ3) is 7.48. The molecule has 0 aromatic rings. The van der Waals surface area contributed by atoms with Crippen molar-refractivity contribution in [3.63, 3.8) is 0 Å². The van der Waals surface area contributed by atoms with E-state index in [0.29, 0.717) is 17.8 Å². The van der Waals surface area contributed by atoms with Gasteiger partial charge in [0.25, 0.3) is 0 Å². The molecule has 0 bridgehead atoms. The highest BCUT2D eigenvalue weighted by atomic mass is 15.5. The Kier molecular flexibility index (Phi) is 9.69. The van der Waals surface area contributed by atoms with E-state index in [2.05, 4.69) is 68.5 Å². The Morgan fingerprint density at radius 1 is 1.34 bits per heavy atom. The smallest absolute Gasteiger partial charge is 0.151 e. The first-order valence-electron chi connectivity index (χ1n) is 11.1. The van der Waals surface area contributed by atoms with Gasteiger partial charge in [0.15, 0.2) is 7.28 Å². The molecule has 0 spiro atoms. The second kappa shape index (κ2) is 12.0. The van der Waals surface area contributed by atoms with E-state index in [9.17, 15) is 0 Å². The molecule has 5 heteroatoms. The Labute approximate surface area is 178 Å². The van der Waals surface area contributed by atoms with Gasteiger partial charge in [-0.2, -0.15) is 0 Å². The van der Waals surface area contributed by atoms with E-state index in [1.54, 1.807) is 0 Å². The first-order chi connectivity index (χ1) is 13.9. The minimum Gasteiger partial charge on any atom is -0.310 e. The standard InChI is InChI=1S/C24H39BN4/c1-18(2)25-15-22(16-26)17-28-24-9-7-6-8-23(24)14-21-11-10-19(3)20(4)29(27-5)13-12-21/h10-13,15-16,18,23-28H,4,6-9,14,17H2,1-3,5H3/b13-12-,19-10+,21-11+,22-15+,26-16?. The van der Waals surface area contributed by atoms with Crippen LogP contribution < -0.4 is 10.7 Å². The van der Waals surface area contributed by atoms with Crippen LogP contribution in [0.1, 0.15) is 52.9 Å². The maximum Gasteiger partial charge on any atom is 0.151 e. The van der Waals surface area contributed by atoms with Gasteiger partial charge in [-0.25, -0.2) is 5.43 Å². The van der Waals surface area contributed by atoms with Crippen LogP contribution in [0.15, 0.2) is 59.4 Å². The van der Waals surface area contributed by atoms with Gasteiger partial charge in [0, 0.05) is 32.0 Å². The summed E-state index contributed by atoms with van der Waals surface area (Å²) < 4.78 is 0. The maximum atomic E-state index is 7.72. The van der Waals surface area contributed by atoms with Gasteiger partial charge in [-0.05, 0) is 54.9 Å². The Hall–Kier alpha value is -1.85. The minimum absolute atomic E-state index is 0.520. The van der Waals surface area contributed by atoms with Gasteiger partial charge < -0.3 is 10.7 Å². The topological polar surface area (TPSA) is 51.2 Å². The SMILES string of the molecule is C=C1/C(C)=C/C=C(CC2CCCCC2NC/C(C=N)=C/BC(C)C)\C=C/N1NC. The average molecular weight is 394 g/mol. The van der Waals surface area contributed by atoms with Crippen LogP contribution in [-0.2, 0) is 0 Å². The summed E-state index contributed by atoms with van der Waals surface area (Å²) >= 11 is 0. The first-order valence-corrected chi connectivity index (χ1v) is 11.1. The normalized spacial score (nSPS) is 28.1. The minimum atomic E-state index is 0.520. The molecule has 1 fully saturated rings. The van der Waals surface area contributed by atoms with Gasteiger partial charge in [0.05, 0.1) is 5.70 Å². The van der Waals surface area contributed by atoms with Crippen LogP contribution in [0.2, 0.25) is 5.82 Å². The molecule has 158 valence electrons. The number of nitrogens with zero attached hydrogens (tertiary/aromatic N) is 1. The van der Waals surface area contributed by atoms with Crippen molar-refractivity contribution in [2.75, 3.05) is 13.6 Å². The van der Waals surface area contributed by atoms with Crippen molar-refractivity contribution in [3.05, 3.63) is 59.4 Å². The highest BCUT2D eigenvalue weighted by molar-refractivity contribution is 6.44. The molecule has 2 aliphatic rings. The summed E-state index contributed by atoms with van der Waals surface area (Å²) in [7, 11) is 2.96. The molecular formula is C24H39BN4. The van der Waals surface area contributed by atoms with E-state index in [0.717, 1.165) is 31.5 Å². The molecule has 0 radical (unpaired) electrons. The fourth-order valence-electron chi connectivity index (χ4n) is 4.02. The van der Waals surface area contributed by atoms with Crippen LogP contribution in [0.5, 0.6) is 0 Å². The van der Waals surface area contributed by atoms with Crippen molar-refractivity contribution in [1.29, 1.82) is 5.41 Å². The molecular weight excluding hydrogens is 355 g/mol. The van der Waals surface area contributed by atoms with Crippen molar-refractivity contribution in [2.24, 2.45) is 5.92 Å². The lowest BCUT2D eigenvalue weighted by molar-refractivity contribution is 0.267. The third-order valence-corrected chi connectivity index (χ3v) is 5.98. The molecule has 3 N–H and O–H groups in total. The quantitative estimate of drug-likeness (QED) is 0.393. The second-order valence-corrected chi connectivity index (χ2v) is 8.74. The van der Waals surface area contributed by atoms with Gasteiger partial charge in [-0.1, -0.05) is 51.2 Å². The highest BCUT2D eigenvalue weighted by Crippen LogP contribution is 2.31. The fourth-order valence-corrected chi connectivity index (χ4v) is 4.02. The number of hydrazine groups is 1. The van der Waals surface area contributed by atoms with Crippen molar-refractivity contribution < 1.29 is 0 Å². The number of hydrogen-bond donors (Lipinski definition) is 3. The van der Waals surface area contributed by atoms with E-state index in [4.69, 9.17) is 5.41 Å². The van der Waals surface area contributed by atoms with Crippen LogP contribution in [0, 0.1) is 11.3 Å². The Balaban J connectivity index is 2.04. The molecule has 1 aliphatic carbocycles. The van der Waals surface area contributed by atoms with Crippen molar-refractivity contribution in [1.82, 2.24) is 15.8 Å². The predicted octanol–water partition coefficient (Wildman–Crippen LogP) is 4.67. The molecule has 0 saturated heterocycles. The molecule has 1 heterocycles. The zero-order chi connectivity index (χ0) is 21.2. The summed E-state index contributed by atoms with van der Waals surface area (Å²) in [5.74, 6) is 3.49. The summed E-state index contributed by atoms with van der Waals surface area (Å²) in [4.78, 5) is 0. The highest BCUT2D eigenvalue weighted by Gasteiger charge is 2.25. The van der Waals surface area contributed by atoms with Crippen LogP contribution >= 0.6 is 0 Å². The van der Waals surface area contributed by atoms with E-state index in [-0.39, 0.29) is 0 Å². The molecule has 1 saturated carbocycles. The average Bonchev–Trinajstić information content (AvgIpc) is 2.71. The lowest BCUT2D eigenvalue weighted by atomic mass is 9.65. The Bertz CT molecular complexity index is 687. The molecule has 1 aliphatic heterocycles. The molecule has 0 amide bonds. The van der Waals surface area contributed by atoms with Crippen LogP contribution in [0.3, 0.4) is 0 Å². The number of hydrogen-bond acceptors (Lipinski definition) is 4. The molecule has 29 heavy (non-hydrogen) atoms. The number of allylic oxidation sites excluding steroid dienone is 5. The van der Waals surface area contributed by atoms with Crippen molar-refractivity contribution in [3.8, 4) is 0 Å². The number of nitrogens with one attached hydrogen (secondary N) is 3. The summed E-state index contributed by atoms with van der Waals surface area (Å²) in [5.41, 5.74) is 7.80. The van der Waals surface area contributed by atoms with Crippen LogP contribution in [-0.4, -0.2) is 38.1 Å². The lowest BCUT2D eigenvalue weighted by Gasteiger charge is -2.33. The number of rotatable bonds is 9. The summed E-state index contributed by atoms with van der Waals surface area (Å²) in [6.07, 6.45) is 16.4. The van der Waals surface area contributed by atoms with E-state index >= 15 is 0 Å². The maximum absolute atomic E-state index is 7.72. The van der Waals surface area contributed by atoms with E-state index in [1.807, 2.05) is 12.1 Å². The molecule has 2 atom stereocenters. The predicted molar refractivity (Wildman–Crippen MR) is 128 cm³/mol. The zero-order valence-electron chi connectivity index (χ0n) is 18.8. The van der Waals surface area contributed by atoms with Gasteiger partial charge in [0.1, 0.15) is 0 Å². The molecule has 0 aromatic carbocycles. The molecule has 2 unspecified atom stereocenters. The molecule has 0 aromatic heterocycles. The Morgan fingerprint density at radius 2 is 2.10 bits per heavy atom. The summed E-state index contributed by atoms with van der Waals surface area (Å²) in [5, 5.41) is 13.5. The van der Waals surface area contributed by atoms with Crippen molar-refractivity contribution >= 4 is 13.5 Å². The first kappa shape index (κ1) is 23.4. The van der Waals surface area contributed by atoms with Crippen molar-refractivity contribution in [2.45, 2.75) is 64.7 Å². The monoisotopic (exact) mass is 394 g/mol. The van der Waals surface area contributed by atoms with Gasteiger partial charge in [0.2, 0.25) is 0 Å². The lowest BCUT2D eigenvalue weighted by Crippen LogP contribution is -2.40. The van der Waals surface area contributed by atoms with Gasteiger partial charge in [-0.3, -0.25) is 5.01 Å². The second-order valence-electron chi connectivity index (χ2n) is 8.74. The fraction of sp³-hybridized carbons (Fsp3) is 0.542. The molecule has 2 rings (SSSR count). The summed E-state index contributed by atoms with van der Waals surface area (Å²) in [6.45, 7) is 11.5. The zero-order valence-corrected chi connectivity index (χ0v) is 18.8. The van der Waals surface area contributed by atoms with Crippen LogP contribution in [0.25, 0.3) is 0 Å². The molecule has 4 nitrogen and oxygen atoms in total. The van der Waals surface area contributed by atoms with Crippen LogP contribution in [0.4, 0.5) is 0 Å². The largest absolute Gasteiger partial charge is 0.310 e. The third-order valence-electron chi connectivity index (χ3n) is 5.98. The van der Waals surface area contributed by atoms with E-state index in [1.165, 1.54) is 43.0 Å². The Morgan fingerprint density at radius 3 is 2.79 bits per heavy atom. The van der Waals surface area contributed by atoms with Gasteiger partial charge >= 0.3 is 0 Å².